The van der Waals surface area contributed by atoms with Gasteiger partial charge >= 0.3 is 11.9 Å². The maximum absolute atomic E-state index is 12.9. The van der Waals surface area contributed by atoms with E-state index in [0.717, 1.165) is 10.1 Å². The largest absolute Gasteiger partial charge is 0.490 e. The first-order chi connectivity index (χ1) is 17.0. The topological polar surface area (TPSA) is 74.2 Å². The van der Waals surface area contributed by atoms with Crippen LogP contribution < -0.4 is 9.47 Å². The van der Waals surface area contributed by atoms with E-state index in [1.165, 1.54) is 11.3 Å². The molecule has 0 spiro atoms. The maximum atomic E-state index is 12.9. The zero-order chi connectivity index (χ0) is 24.4. The molecule has 5 rings (SSSR count). The third kappa shape index (κ3) is 4.69. The second-order valence-electron chi connectivity index (χ2n) is 7.47. The fourth-order valence-electron chi connectivity index (χ4n) is 3.53. The van der Waals surface area contributed by atoms with Gasteiger partial charge in [-0.1, -0.05) is 54.1 Å². The Hall–Kier alpha value is -3.94. The number of thiophene rings is 1. The Balaban J connectivity index is 1.42. The van der Waals surface area contributed by atoms with Crippen molar-refractivity contribution in [3.8, 4) is 11.5 Å². The van der Waals surface area contributed by atoms with E-state index >= 15 is 0 Å². The number of fused-ring (bicyclic) bond motifs is 1. The highest BCUT2D eigenvalue weighted by Crippen LogP contribution is 2.37. The maximum Gasteiger partial charge on any atom is 0.363 e. The van der Waals surface area contributed by atoms with E-state index in [-0.39, 0.29) is 17.3 Å². The smallest absolute Gasteiger partial charge is 0.363 e. The summed E-state index contributed by atoms with van der Waals surface area (Å²) in [4.78, 5) is 29.9. The number of cyclic esters (lactones) is 1. The molecule has 0 saturated heterocycles. The first kappa shape index (κ1) is 22.8. The van der Waals surface area contributed by atoms with Crippen LogP contribution in [0.1, 0.15) is 27.7 Å². The van der Waals surface area contributed by atoms with Crippen molar-refractivity contribution in [2.24, 2.45) is 4.99 Å². The lowest BCUT2D eigenvalue weighted by atomic mass is 10.1. The molecule has 0 fully saturated rings. The van der Waals surface area contributed by atoms with Crippen molar-refractivity contribution in [3.05, 3.63) is 99.5 Å². The zero-order valence-corrected chi connectivity index (χ0v) is 20.1. The number of esters is 2. The molecule has 0 bridgehead atoms. The highest BCUT2D eigenvalue weighted by atomic mass is 35.5. The Morgan fingerprint density at radius 3 is 2.60 bits per heavy atom. The van der Waals surface area contributed by atoms with Gasteiger partial charge in [0, 0.05) is 15.6 Å². The molecule has 4 aromatic rings. The minimum absolute atomic E-state index is 0.160. The Morgan fingerprint density at radius 1 is 1.06 bits per heavy atom. The van der Waals surface area contributed by atoms with Gasteiger partial charge in [0.1, 0.15) is 4.88 Å². The third-order valence-electron chi connectivity index (χ3n) is 5.14. The predicted octanol–water partition coefficient (Wildman–Crippen LogP) is 6.52. The molecule has 6 nitrogen and oxygen atoms in total. The summed E-state index contributed by atoms with van der Waals surface area (Å²) in [7, 11) is 0. The van der Waals surface area contributed by atoms with Crippen LogP contribution in [0, 0.1) is 0 Å². The number of benzene rings is 3. The Morgan fingerprint density at radius 2 is 1.83 bits per heavy atom. The molecule has 3 aromatic carbocycles. The van der Waals surface area contributed by atoms with Gasteiger partial charge in [-0.05, 0) is 48.9 Å². The van der Waals surface area contributed by atoms with E-state index in [4.69, 9.17) is 25.8 Å². The molecule has 0 aliphatic carbocycles. The minimum Gasteiger partial charge on any atom is -0.490 e. The van der Waals surface area contributed by atoms with Crippen molar-refractivity contribution in [3.63, 3.8) is 0 Å². The predicted molar refractivity (Wildman–Crippen MR) is 136 cm³/mol. The summed E-state index contributed by atoms with van der Waals surface area (Å²) in [6.07, 6.45) is 1.59. The number of rotatable bonds is 6. The summed E-state index contributed by atoms with van der Waals surface area (Å²) in [6, 6.07) is 21.7. The normalized spacial score (nSPS) is 14.2. The van der Waals surface area contributed by atoms with Gasteiger partial charge in [-0.25, -0.2) is 14.6 Å². The quantitative estimate of drug-likeness (QED) is 0.170. The van der Waals surface area contributed by atoms with Crippen LogP contribution in [-0.4, -0.2) is 24.4 Å². The fourth-order valence-corrected chi connectivity index (χ4v) is 4.91. The zero-order valence-electron chi connectivity index (χ0n) is 18.5. The van der Waals surface area contributed by atoms with Crippen molar-refractivity contribution in [2.45, 2.75) is 6.92 Å². The van der Waals surface area contributed by atoms with Crippen LogP contribution in [0.3, 0.4) is 0 Å². The van der Waals surface area contributed by atoms with Crippen LogP contribution in [0.5, 0.6) is 11.5 Å². The first-order valence-corrected chi connectivity index (χ1v) is 12.0. The second-order valence-corrected chi connectivity index (χ2v) is 8.90. The Kier molecular flexibility index (Phi) is 6.35. The molecule has 0 N–H and O–H groups in total. The number of carbonyl (C=O) groups excluding carboxylic acids is 2. The van der Waals surface area contributed by atoms with Crippen molar-refractivity contribution in [1.29, 1.82) is 0 Å². The van der Waals surface area contributed by atoms with E-state index in [1.807, 2.05) is 61.5 Å². The standard InChI is InChI=1S/C27H18ClNO5S/c1-2-32-21-15-16(14-19-26(30)34-25(29-19)17-8-4-3-5-9-17)12-13-20(21)33-27(31)24-23(28)18-10-6-7-11-22(18)35-24/h3-15H,2H2,1H3/b19-14+. The summed E-state index contributed by atoms with van der Waals surface area (Å²) in [5, 5.41) is 1.17. The van der Waals surface area contributed by atoms with Crippen LogP contribution in [0.25, 0.3) is 16.2 Å². The molecule has 2 heterocycles. The number of carbonyl (C=O) groups is 2. The van der Waals surface area contributed by atoms with Crippen LogP contribution in [0.15, 0.2) is 83.5 Å². The van der Waals surface area contributed by atoms with E-state index in [9.17, 15) is 9.59 Å². The summed E-state index contributed by atoms with van der Waals surface area (Å²) in [6.45, 7) is 2.18. The average molecular weight is 504 g/mol. The van der Waals surface area contributed by atoms with Gasteiger partial charge in [0.05, 0.1) is 11.6 Å². The van der Waals surface area contributed by atoms with Crippen molar-refractivity contribution in [2.75, 3.05) is 6.61 Å². The van der Waals surface area contributed by atoms with Gasteiger partial charge in [0.25, 0.3) is 0 Å². The molecule has 1 aliphatic heterocycles. The molecule has 174 valence electrons. The van der Waals surface area contributed by atoms with Gasteiger partial charge in [0.15, 0.2) is 17.2 Å². The van der Waals surface area contributed by atoms with Crippen LogP contribution >= 0.6 is 22.9 Å². The van der Waals surface area contributed by atoms with Crippen molar-refractivity contribution in [1.82, 2.24) is 0 Å². The third-order valence-corrected chi connectivity index (χ3v) is 6.79. The molecule has 0 radical (unpaired) electrons. The highest BCUT2D eigenvalue weighted by Gasteiger charge is 2.25. The van der Waals surface area contributed by atoms with Gasteiger partial charge in [0.2, 0.25) is 5.90 Å². The fraction of sp³-hybridized carbons (Fsp3) is 0.0741. The Labute approximate surface area is 210 Å². The van der Waals surface area contributed by atoms with E-state index in [2.05, 4.69) is 4.99 Å². The van der Waals surface area contributed by atoms with Gasteiger partial charge in [-0.2, -0.15) is 0 Å². The molecule has 0 atom stereocenters. The lowest BCUT2D eigenvalue weighted by molar-refractivity contribution is -0.129. The van der Waals surface area contributed by atoms with Crippen LogP contribution in [0.4, 0.5) is 0 Å². The lowest BCUT2D eigenvalue weighted by Gasteiger charge is -2.11. The average Bonchev–Trinajstić information content (AvgIpc) is 3.41. The number of hydrogen-bond donors (Lipinski definition) is 0. The lowest BCUT2D eigenvalue weighted by Crippen LogP contribution is -2.08. The van der Waals surface area contributed by atoms with Crippen molar-refractivity contribution < 1.29 is 23.8 Å². The highest BCUT2D eigenvalue weighted by molar-refractivity contribution is 7.21. The van der Waals surface area contributed by atoms with E-state index < -0.39 is 11.9 Å². The summed E-state index contributed by atoms with van der Waals surface area (Å²) < 4.78 is 17.5. The first-order valence-electron chi connectivity index (χ1n) is 10.8. The van der Waals surface area contributed by atoms with Crippen LogP contribution in [-0.2, 0) is 9.53 Å². The van der Waals surface area contributed by atoms with Gasteiger partial charge in [-0.15, -0.1) is 11.3 Å². The molecule has 35 heavy (non-hydrogen) atoms. The van der Waals surface area contributed by atoms with E-state index in [0.29, 0.717) is 33.4 Å². The second kappa shape index (κ2) is 9.74. The summed E-state index contributed by atoms with van der Waals surface area (Å²) in [5.74, 6) is -0.268. The van der Waals surface area contributed by atoms with Gasteiger partial charge in [-0.3, -0.25) is 0 Å². The summed E-state index contributed by atoms with van der Waals surface area (Å²) in [5.41, 5.74) is 1.51. The molecule has 0 unspecified atom stereocenters. The number of nitrogens with zero attached hydrogens (tertiary/aromatic N) is 1. The molecule has 0 saturated carbocycles. The Bertz CT molecular complexity index is 1510. The molecule has 8 heteroatoms. The summed E-state index contributed by atoms with van der Waals surface area (Å²) >= 11 is 7.69. The SMILES string of the molecule is CCOc1cc(/C=C2/N=C(c3ccccc3)OC2=O)ccc1OC(=O)c1sc2ccccc2c1Cl. The number of ether oxygens (including phenoxy) is 3. The number of hydrogen-bond acceptors (Lipinski definition) is 7. The number of halogens is 1. The van der Waals surface area contributed by atoms with Crippen molar-refractivity contribution >= 4 is 56.9 Å². The molecular formula is C27H18ClNO5S. The van der Waals surface area contributed by atoms with E-state index in [1.54, 1.807) is 24.3 Å². The minimum atomic E-state index is -0.570. The van der Waals surface area contributed by atoms with Gasteiger partial charge < -0.3 is 14.2 Å². The molecule has 0 amide bonds. The van der Waals surface area contributed by atoms with Crippen LogP contribution in [0.2, 0.25) is 5.02 Å². The molecule has 1 aliphatic rings. The monoisotopic (exact) mass is 503 g/mol. The molecular weight excluding hydrogens is 486 g/mol. The molecule has 1 aromatic heterocycles. The number of aliphatic imine (C=N–C) groups is 1.